The summed E-state index contributed by atoms with van der Waals surface area (Å²) in [6, 6.07) is 21.6. The van der Waals surface area contributed by atoms with Crippen molar-refractivity contribution in [3.05, 3.63) is 90.0 Å². The zero-order valence-corrected chi connectivity index (χ0v) is 21.9. The van der Waals surface area contributed by atoms with E-state index in [4.69, 9.17) is 10.00 Å². The molecule has 0 aliphatic heterocycles. The smallest absolute Gasteiger partial charge is 0.333 e. The molecule has 10 nitrogen and oxygen atoms in total. The van der Waals surface area contributed by atoms with Crippen LogP contribution in [0.2, 0.25) is 0 Å². The third-order valence-corrected chi connectivity index (χ3v) is 5.53. The molecule has 0 radical (unpaired) electrons. The highest BCUT2D eigenvalue weighted by atomic mass is 16.5. The van der Waals surface area contributed by atoms with Crippen molar-refractivity contribution in [2.45, 2.75) is 20.0 Å². The average Bonchev–Trinajstić information content (AvgIpc) is 2.95. The number of aliphatic hydroxyl groups is 2. The van der Waals surface area contributed by atoms with Gasteiger partial charge in [-0.3, -0.25) is 0 Å². The van der Waals surface area contributed by atoms with Crippen molar-refractivity contribution < 1.29 is 19.7 Å². The number of aryl methyl sites for hydroxylation is 1. The van der Waals surface area contributed by atoms with Gasteiger partial charge in [-0.05, 0) is 86.1 Å². The van der Waals surface area contributed by atoms with Crippen LogP contribution in [0, 0.1) is 18.3 Å². The van der Waals surface area contributed by atoms with E-state index in [0.717, 1.165) is 11.3 Å². The number of hydrogen-bond acceptors (Lipinski definition) is 10. The number of carbonyl (C=O) groups excluding carboxylic acids is 1. The van der Waals surface area contributed by atoms with Gasteiger partial charge in [-0.15, -0.1) is 0 Å². The minimum absolute atomic E-state index is 0.105. The first kappa shape index (κ1) is 28.8. The van der Waals surface area contributed by atoms with E-state index in [-0.39, 0.29) is 19.8 Å². The van der Waals surface area contributed by atoms with Crippen molar-refractivity contribution in [1.29, 1.82) is 5.26 Å². The zero-order valence-electron chi connectivity index (χ0n) is 21.9. The fraction of sp³-hybridized carbons (Fsp3) is 0.241. The standard InChI is InChI=1S/C29H30N6O4/c1-20(2)29(38)39-15-14-35(18-27(37)19-36)26-11-8-24(9-12-26)32-34-28-13-10-25(16-21(28)3)33-31-23-6-4-22(17-30)5-7-23/h4-13,16,27,36-37H,1,14-15,18-19H2,2-3H3/b33-31+,34-32+. The average molecular weight is 527 g/mol. The fourth-order valence-corrected chi connectivity index (χ4v) is 3.38. The number of benzene rings is 3. The van der Waals surface area contributed by atoms with Crippen molar-refractivity contribution >= 4 is 34.4 Å². The molecule has 1 unspecified atom stereocenters. The highest BCUT2D eigenvalue weighted by molar-refractivity contribution is 5.86. The highest BCUT2D eigenvalue weighted by Gasteiger charge is 2.13. The Morgan fingerprint density at radius 1 is 1.00 bits per heavy atom. The number of rotatable bonds is 12. The van der Waals surface area contributed by atoms with Crippen LogP contribution in [-0.4, -0.2) is 48.6 Å². The van der Waals surface area contributed by atoms with E-state index in [1.807, 2.05) is 36.1 Å². The van der Waals surface area contributed by atoms with Crippen LogP contribution in [0.4, 0.5) is 28.4 Å². The van der Waals surface area contributed by atoms with Crippen LogP contribution in [0.15, 0.2) is 99.3 Å². The molecule has 39 heavy (non-hydrogen) atoms. The van der Waals surface area contributed by atoms with Crippen LogP contribution in [0.3, 0.4) is 0 Å². The predicted molar refractivity (Wildman–Crippen MR) is 148 cm³/mol. The van der Waals surface area contributed by atoms with E-state index in [2.05, 4.69) is 33.1 Å². The molecule has 0 fully saturated rings. The van der Waals surface area contributed by atoms with Crippen molar-refractivity contribution in [3.63, 3.8) is 0 Å². The first-order valence-electron chi connectivity index (χ1n) is 12.2. The number of nitriles is 1. The van der Waals surface area contributed by atoms with Gasteiger partial charge in [-0.25, -0.2) is 4.79 Å². The van der Waals surface area contributed by atoms with Gasteiger partial charge in [0.15, 0.2) is 0 Å². The molecule has 3 aromatic rings. The summed E-state index contributed by atoms with van der Waals surface area (Å²) in [7, 11) is 0. The molecule has 10 heteroatoms. The summed E-state index contributed by atoms with van der Waals surface area (Å²) in [4.78, 5) is 13.5. The van der Waals surface area contributed by atoms with Crippen LogP contribution in [0.25, 0.3) is 0 Å². The molecule has 0 saturated carbocycles. The molecule has 3 rings (SSSR count). The summed E-state index contributed by atoms with van der Waals surface area (Å²) >= 11 is 0. The second kappa shape index (κ2) is 14.3. The molecule has 0 bridgehead atoms. The Labute approximate surface area is 227 Å². The second-order valence-corrected chi connectivity index (χ2v) is 8.74. The summed E-state index contributed by atoms with van der Waals surface area (Å²) in [5.41, 5.74) is 5.14. The molecule has 3 aromatic carbocycles. The largest absolute Gasteiger partial charge is 0.460 e. The van der Waals surface area contributed by atoms with Gasteiger partial charge in [0, 0.05) is 17.8 Å². The summed E-state index contributed by atoms with van der Waals surface area (Å²) in [5.74, 6) is -0.480. The van der Waals surface area contributed by atoms with Crippen molar-refractivity contribution in [3.8, 4) is 6.07 Å². The number of aliphatic hydroxyl groups excluding tert-OH is 2. The molecule has 0 amide bonds. The van der Waals surface area contributed by atoms with Gasteiger partial charge in [0.05, 0.1) is 53.6 Å². The van der Waals surface area contributed by atoms with Crippen LogP contribution >= 0.6 is 0 Å². The van der Waals surface area contributed by atoms with Crippen molar-refractivity contribution in [1.82, 2.24) is 0 Å². The van der Waals surface area contributed by atoms with Gasteiger partial charge in [0.2, 0.25) is 0 Å². The van der Waals surface area contributed by atoms with E-state index < -0.39 is 12.1 Å². The molecule has 2 N–H and O–H groups in total. The Hall–Kier alpha value is -4.72. The van der Waals surface area contributed by atoms with Gasteiger partial charge in [-0.1, -0.05) is 6.58 Å². The first-order valence-corrected chi connectivity index (χ1v) is 12.2. The second-order valence-electron chi connectivity index (χ2n) is 8.74. The Bertz CT molecular complexity index is 1380. The minimum atomic E-state index is -0.948. The number of hydrogen-bond donors (Lipinski definition) is 2. The number of esters is 1. The molecule has 0 aliphatic carbocycles. The summed E-state index contributed by atoms with van der Waals surface area (Å²) < 4.78 is 5.17. The monoisotopic (exact) mass is 526 g/mol. The molecule has 0 saturated heterocycles. The lowest BCUT2D eigenvalue weighted by molar-refractivity contribution is -0.138. The van der Waals surface area contributed by atoms with Gasteiger partial charge in [0.1, 0.15) is 6.61 Å². The van der Waals surface area contributed by atoms with E-state index in [0.29, 0.717) is 40.4 Å². The lowest BCUT2D eigenvalue weighted by Gasteiger charge is -2.26. The van der Waals surface area contributed by atoms with Gasteiger partial charge < -0.3 is 19.8 Å². The predicted octanol–water partition coefficient (Wildman–Crippen LogP) is 5.98. The first-order chi connectivity index (χ1) is 18.8. The third-order valence-electron chi connectivity index (χ3n) is 5.53. The molecular weight excluding hydrogens is 496 g/mol. The van der Waals surface area contributed by atoms with E-state index in [9.17, 15) is 15.0 Å². The minimum Gasteiger partial charge on any atom is -0.460 e. The molecule has 200 valence electrons. The third kappa shape index (κ3) is 8.96. The van der Waals surface area contributed by atoms with Crippen LogP contribution < -0.4 is 4.90 Å². The zero-order chi connectivity index (χ0) is 28.2. The summed E-state index contributed by atoms with van der Waals surface area (Å²) in [6.07, 6.45) is -0.948. The Morgan fingerprint density at radius 3 is 2.18 bits per heavy atom. The quantitative estimate of drug-likeness (QED) is 0.169. The molecule has 0 aromatic heterocycles. The van der Waals surface area contributed by atoms with Gasteiger partial charge in [0.25, 0.3) is 0 Å². The normalized spacial score (nSPS) is 11.9. The van der Waals surface area contributed by atoms with Crippen LogP contribution in [-0.2, 0) is 9.53 Å². The van der Waals surface area contributed by atoms with Crippen molar-refractivity contribution in [2.75, 3.05) is 31.2 Å². The highest BCUT2D eigenvalue weighted by Crippen LogP contribution is 2.28. The maximum absolute atomic E-state index is 11.7. The lowest BCUT2D eigenvalue weighted by atomic mass is 10.2. The molecule has 0 spiro atoms. The lowest BCUT2D eigenvalue weighted by Crippen LogP contribution is -2.37. The number of carbonyl (C=O) groups is 1. The Balaban J connectivity index is 1.65. The maximum Gasteiger partial charge on any atom is 0.333 e. The van der Waals surface area contributed by atoms with Gasteiger partial charge >= 0.3 is 5.97 Å². The summed E-state index contributed by atoms with van der Waals surface area (Å²) in [5, 5.41) is 45.2. The number of anilines is 1. The Morgan fingerprint density at radius 2 is 1.59 bits per heavy atom. The SMILES string of the molecule is C=C(C)C(=O)OCCN(CC(O)CO)c1ccc(/N=N/c2ccc(/N=N/c3ccc(C#N)cc3)cc2C)cc1. The van der Waals surface area contributed by atoms with Gasteiger partial charge in [-0.2, -0.15) is 25.7 Å². The molecular formula is C29H30N6O4. The molecule has 1 atom stereocenters. The number of nitrogens with zero attached hydrogens (tertiary/aromatic N) is 6. The maximum atomic E-state index is 11.7. The number of ether oxygens (including phenoxy) is 1. The molecule has 0 aliphatic rings. The summed E-state index contributed by atoms with van der Waals surface area (Å²) in [6.45, 7) is 7.24. The topological polar surface area (TPSA) is 143 Å². The van der Waals surface area contributed by atoms with E-state index in [1.165, 1.54) is 0 Å². The van der Waals surface area contributed by atoms with Crippen LogP contribution in [0.1, 0.15) is 18.1 Å². The number of azo groups is 2. The van der Waals surface area contributed by atoms with Crippen molar-refractivity contribution in [2.24, 2.45) is 20.5 Å². The fourth-order valence-electron chi connectivity index (χ4n) is 3.38. The van der Waals surface area contributed by atoms with E-state index >= 15 is 0 Å². The molecule has 0 heterocycles. The Kier molecular flexibility index (Phi) is 10.6. The van der Waals surface area contributed by atoms with E-state index in [1.54, 1.807) is 49.4 Å². The van der Waals surface area contributed by atoms with Crippen LogP contribution in [0.5, 0.6) is 0 Å².